The molecule has 222 valence electrons. The van der Waals surface area contributed by atoms with Crippen LogP contribution in [-0.2, 0) is 12.8 Å². The van der Waals surface area contributed by atoms with E-state index in [4.69, 9.17) is 9.15 Å². The zero-order valence-electron chi connectivity index (χ0n) is 25.3. The van der Waals surface area contributed by atoms with Gasteiger partial charge in [-0.3, -0.25) is 9.59 Å². The van der Waals surface area contributed by atoms with Crippen molar-refractivity contribution in [2.45, 2.75) is 37.7 Å². The number of carbonyl (C=O) groups is 1. The van der Waals surface area contributed by atoms with Crippen molar-refractivity contribution in [3.63, 3.8) is 0 Å². The molecule has 2 heterocycles. The number of hydrogen-bond acceptors (Lipinski definition) is 4. The molecule has 6 aromatic rings. The summed E-state index contributed by atoms with van der Waals surface area (Å²) in [4.78, 5) is 27.4. The fourth-order valence-electron chi connectivity index (χ4n) is 7.78. The monoisotopic (exact) mass is 598 g/mol. The quantitative estimate of drug-likeness (QED) is 0.204. The van der Waals surface area contributed by atoms with Gasteiger partial charge in [0.15, 0.2) is 11.2 Å². The van der Waals surface area contributed by atoms with E-state index in [2.05, 4.69) is 79.7 Å². The Kier molecular flexibility index (Phi) is 6.01. The molecule has 3 aliphatic rings. The first-order valence-corrected chi connectivity index (χ1v) is 15.9. The van der Waals surface area contributed by atoms with Gasteiger partial charge >= 0.3 is 0 Å². The van der Waals surface area contributed by atoms with Crippen molar-refractivity contribution in [3.8, 4) is 28.0 Å². The second-order valence-electron chi connectivity index (χ2n) is 12.7. The summed E-state index contributed by atoms with van der Waals surface area (Å²) >= 11 is 0. The average molecular weight is 599 g/mol. The largest absolute Gasteiger partial charge is 0.484 e. The Morgan fingerprint density at radius 2 is 1.48 bits per heavy atom. The summed E-state index contributed by atoms with van der Waals surface area (Å²) in [5.41, 5.74) is 10.4. The lowest BCUT2D eigenvalue weighted by atomic mass is 9.70. The lowest BCUT2D eigenvalue weighted by molar-refractivity contribution is 0.0961. The van der Waals surface area contributed by atoms with E-state index >= 15 is 0 Å². The molecule has 1 aliphatic heterocycles. The Morgan fingerprint density at radius 3 is 2.35 bits per heavy atom. The van der Waals surface area contributed by atoms with Gasteiger partial charge in [0.25, 0.3) is 0 Å². The first-order valence-electron chi connectivity index (χ1n) is 15.9. The highest BCUT2D eigenvalue weighted by Gasteiger charge is 2.37. The smallest absolute Gasteiger partial charge is 0.196 e. The predicted octanol–water partition coefficient (Wildman–Crippen LogP) is 9.15. The van der Waals surface area contributed by atoms with E-state index in [9.17, 15) is 9.59 Å². The Hall–Kier alpha value is -5.48. The third-order valence-corrected chi connectivity index (χ3v) is 10.1. The van der Waals surface area contributed by atoms with Crippen molar-refractivity contribution in [1.82, 2.24) is 0 Å². The second kappa shape index (κ2) is 10.3. The number of hydrogen-bond donors (Lipinski definition) is 0. The molecule has 4 nitrogen and oxygen atoms in total. The molecule has 0 amide bonds. The molecule has 1 aromatic heterocycles. The van der Waals surface area contributed by atoms with E-state index in [0.29, 0.717) is 57.4 Å². The number of benzene rings is 5. The number of ether oxygens (including phenoxy) is 1. The molecule has 0 bridgehead atoms. The molecule has 4 heteroatoms. The molecule has 0 spiro atoms. The number of ketones is 1. The number of Topliss-reactive ketones (excluding diaryl/α,β-unsaturated/α-hetero) is 1. The molecule has 2 aliphatic carbocycles. The van der Waals surface area contributed by atoms with Crippen LogP contribution in [0.1, 0.15) is 57.1 Å². The van der Waals surface area contributed by atoms with Gasteiger partial charge < -0.3 is 9.15 Å². The Morgan fingerprint density at radius 1 is 0.717 bits per heavy atom. The normalized spacial score (nSPS) is 19.2. The first kappa shape index (κ1) is 26.9. The van der Waals surface area contributed by atoms with E-state index in [0.717, 1.165) is 17.5 Å². The molecule has 3 unspecified atom stereocenters. The second-order valence-corrected chi connectivity index (χ2v) is 12.7. The zero-order chi connectivity index (χ0) is 30.9. The first-order chi connectivity index (χ1) is 22.5. The van der Waals surface area contributed by atoms with Crippen LogP contribution in [0.4, 0.5) is 0 Å². The Bertz CT molecular complexity index is 2310. The minimum Gasteiger partial charge on any atom is -0.484 e. The van der Waals surface area contributed by atoms with Gasteiger partial charge in [0, 0.05) is 23.1 Å². The third kappa shape index (κ3) is 4.06. The standard InChI is InChI=1S/C42H30O4/c1-24-27-12-5-6-13-29(27)34-21-26(18-19-30(34)33(24)20-25-10-3-2-4-11-25)28-15-9-16-32-41(44)36-22-38-35(23-39(36)46-42(28)32)40(43)31-14-7-8-17-37(31)45-38/h2-19,21,23-24,33,38H,20,22H2,1H3. The summed E-state index contributed by atoms with van der Waals surface area (Å²) in [5.74, 6) is 1.61. The van der Waals surface area contributed by atoms with Crippen molar-refractivity contribution >= 4 is 22.8 Å². The molecule has 0 N–H and O–H groups in total. The fourth-order valence-corrected chi connectivity index (χ4v) is 7.78. The lowest BCUT2D eigenvalue weighted by Gasteiger charge is -2.34. The van der Waals surface area contributed by atoms with E-state index in [1.807, 2.05) is 30.3 Å². The van der Waals surface area contributed by atoms with Crippen LogP contribution in [-0.4, -0.2) is 11.9 Å². The van der Waals surface area contributed by atoms with Crippen molar-refractivity contribution in [2.75, 3.05) is 0 Å². The lowest BCUT2D eigenvalue weighted by Crippen LogP contribution is -2.36. The van der Waals surface area contributed by atoms with Crippen molar-refractivity contribution in [1.29, 1.82) is 0 Å². The highest BCUT2D eigenvalue weighted by molar-refractivity contribution is 6.15. The Labute approximate surface area is 266 Å². The summed E-state index contributed by atoms with van der Waals surface area (Å²) in [6.45, 7) is 2.34. The zero-order valence-corrected chi connectivity index (χ0v) is 25.3. The van der Waals surface area contributed by atoms with Gasteiger partial charge in [-0.2, -0.15) is 0 Å². The molecule has 9 rings (SSSR count). The molecule has 5 aromatic carbocycles. The van der Waals surface area contributed by atoms with Crippen molar-refractivity contribution in [2.24, 2.45) is 0 Å². The minimum atomic E-state index is -0.509. The van der Waals surface area contributed by atoms with Gasteiger partial charge in [0.05, 0.1) is 10.9 Å². The van der Waals surface area contributed by atoms with Crippen LogP contribution in [0.2, 0.25) is 0 Å². The van der Waals surface area contributed by atoms with Crippen LogP contribution in [0.3, 0.4) is 0 Å². The number of rotatable bonds is 3. The molecule has 0 saturated heterocycles. The van der Waals surface area contributed by atoms with Crippen molar-refractivity contribution < 1.29 is 13.9 Å². The van der Waals surface area contributed by atoms with Gasteiger partial charge in [-0.25, -0.2) is 0 Å². The summed E-state index contributed by atoms with van der Waals surface area (Å²) in [6.07, 6.45) is 2.46. The maximum atomic E-state index is 14.0. The SMILES string of the molecule is CC1c2ccccc2-c2cc(-c3cccc4c(=O)c5c(oc34)C=C3C(=O)c4ccccc4OC3C5)ccc2C1Cc1ccccc1. The number of para-hydroxylation sites is 2. The third-order valence-electron chi connectivity index (χ3n) is 10.1. The summed E-state index contributed by atoms with van der Waals surface area (Å²) < 4.78 is 12.8. The van der Waals surface area contributed by atoms with E-state index in [1.54, 1.807) is 18.2 Å². The maximum Gasteiger partial charge on any atom is 0.196 e. The highest BCUT2D eigenvalue weighted by Crippen LogP contribution is 2.49. The Balaban J connectivity index is 1.19. The minimum absolute atomic E-state index is 0.0802. The molecule has 0 fully saturated rings. The summed E-state index contributed by atoms with van der Waals surface area (Å²) in [6, 6.07) is 39.2. The summed E-state index contributed by atoms with van der Waals surface area (Å²) in [5, 5.41) is 0.532. The topological polar surface area (TPSA) is 56.5 Å². The van der Waals surface area contributed by atoms with E-state index in [1.165, 1.54) is 27.8 Å². The van der Waals surface area contributed by atoms with Crippen LogP contribution in [0.5, 0.6) is 5.75 Å². The van der Waals surface area contributed by atoms with Gasteiger partial charge in [-0.15, -0.1) is 0 Å². The van der Waals surface area contributed by atoms with E-state index in [-0.39, 0.29) is 11.2 Å². The van der Waals surface area contributed by atoms with Crippen molar-refractivity contribution in [3.05, 3.63) is 165 Å². The number of fused-ring (bicyclic) bond motifs is 7. The molecule has 0 saturated carbocycles. The van der Waals surface area contributed by atoms with Crippen LogP contribution in [0.25, 0.3) is 39.3 Å². The molecule has 46 heavy (non-hydrogen) atoms. The fraction of sp³-hybridized carbons (Fsp3) is 0.143. The van der Waals surface area contributed by atoms with Crippen LogP contribution >= 0.6 is 0 Å². The average Bonchev–Trinajstić information content (AvgIpc) is 3.10. The van der Waals surface area contributed by atoms with Gasteiger partial charge in [0.1, 0.15) is 23.2 Å². The summed E-state index contributed by atoms with van der Waals surface area (Å²) in [7, 11) is 0. The van der Waals surface area contributed by atoms with Crippen LogP contribution in [0.15, 0.2) is 130 Å². The molecular formula is C42H30O4. The number of carbonyl (C=O) groups excluding carboxylic acids is 1. The van der Waals surface area contributed by atoms with Crippen LogP contribution < -0.4 is 10.2 Å². The maximum absolute atomic E-state index is 14.0. The van der Waals surface area contributed by atoms with Gasteiger partial charge in [-0.05, 0) is 82.0 Å². The molecule has 3 atom stereocenters. The highest BCUT2D eigenvalue weighted by atomic mass is 16.5. The predicted molar refractivity (Wildman–Crippen MR) is 182 cm³/mol. The van der Waals surface area contributed by atoms with Gasteiger partial charge in [0.2, 0.25) is 0 Å². The van der Waals surface area contributed by atoms with Gasteiger partial charge in [-0.1, -0.05) is 97.9 Å². The molecular weight excluding hydrogens is 568 g/mol. The van der Waals surface area contributed by atoms with E-state index < -0.39 is 6.10 Å². The molecule has 0 radical (unpaired) electrons. The van der Waals surface area contributed by atoms with Crippen LogP contribution in [0, 0.1) is 0 Å².